The van der Waals surface area contributed by atoms with Crippen LogP contribution in [0.4, 0.5) is 5.69 Å². The first-order valence-electron chi connectivity index (χ1n) is 12.7. The lowest BCUT2D eigenvalue weighted by Crippen LogP contribution is -2.38. The Balaban J connectivity index is 1.57. The van der Waals surface area contributed by atoms with Crippen molar-refractivity contribution in [3.8, 4) is 0 Å². The molecule has 1 N–H and O–H groups in total. The van der Waals surface area contributed by atoms with Crippen molar-refractivity contribution in [1.29, 1.82) is 0 Å². The molecule has 3 heterocycles. The number of esters is 1. The minimum atomic E-state index is -0.579. The van der Waals surface area contributed by atoms with Crippen LogP contribution in [0.25, 0.3) is 18.2 Å². The zero-order valence-corrected chi connectivity index (χ0v) is 22.2. The molecule has 1 aliphatic rings. The van der Waals surface area contributed by atoms with Crippen LogP contribution in [0.1, 0.15) is 35.2 Å². The summed E-state index contributed by atoms with van der Waals surface area (Å²) in [7, 11) is 0. The summed E-state index contributed by atoms with van der Waals surface area (Å²) in [6.45, 7) is 1.06. The Bertz CT molecular complexity index is 1310. The Hall–Kier alpha value is -3.85. The van der Waals surface area contributed by atoms with E-state index in [1.807, 2.05) is 36.4 Å². The minimum absolute atomic E-state index is 0.0154. The molecule has 4 rings (SSSR count). The molecule has 202 valence electrons. The number of aliphatic hydroxyl groups is 1. The molecule has 0 saturated carbocycles. The minimum Gasteiger partial charge on any atom is -0.460 e. The molecule has 3 aromatic rings. The van der Waals surface area contributed by atoms with E-state index in [-0.39, 0.29) is 25.0 Å². The summed E-state index contributed by atoms with van der Waals surface area (Å²) in [6, 6.07) is 12.9. The maximum atomic E-state index is 13.7. The van der Waals surface area contributed by atoms with Gasteiger partial charge in [0.25, 0.3) is 0 Å². The van der Waals surface area contributed by atoms with Gasteiger partial charge in [0.05, 0.1) is 18.8 Å². The molecule has 8 nitrogen and oxygen atoms in total. The van der Waals surface area contributed by atoms with Gasteiger partial charge >= 0.3 is 5.97 Å². The fourth-order valence-corrected chi connectivity index (χ4v) is 4.37. The topological polar surface area (TPSA) is 102 Å². The molecule has 1 aromatic carbocycles. The maximum Gasteiger partial charge on any atom is 0.330 e. The van der Waals surface area contributed by atoms with Gasteiger partial charge < -0.3 is 19.5 Å². The van der Waals surface area contributed by atoms with Crippen LogP contribution in [-0.2, 0) is 25.6 Å². The number of hydrogen-bond acceptors (Lipinski definition) is 7. The Kier molecular flexibility index (Phi) is 10.4. The first-order valence-corrected chi connectivity index (χ1v) is 13.1. The normalized spacial score (nSPS) is 14.1. The van der Waals surface area contributed by atoms with Crippen LogP contribution in [0.3, 0.4) is 0 Å². The second kappa shape index (κ2) is 14.3. The molecule has 1 aliphatic heterocycles. The zero-order valence-electron chi connectivity index (χ0n) is 21.4. The second-order valence-corrected chi connectivity index (χ2v) is 9.43. The summed E-state index contributed by atoms with van der Waals surface area (Å²) < 4.78 is 10.3. The molecule has 0 aliphatic carbocycles. The maximum absolute atomic E-state index is 13.7. The number of anilines is 1. The molecule has 1 fully saturated rings. The van der Waals surface area contributed by atoms with Gasteiger partial charge in [-0.05, 0) is 72.0 Å². The molecular weight excluding hydrogens is 518 g/mol. The number of amides is 1. The molecule has 0 unspecified atom stereocenters. The lowest BCUT2D eigenvalue weighted by atomic mass is 9.97. The first kappa shape index (κ1) is 28.2. The second-order valence-electron chi connectivity index (χ2n) is 8.99. The average Bonchev–Trinajstić information content (AvgIpc) is 2.97. The quantitative estimate of drug-likeness (QED) is 0.287. The van der Waals surface area contributed by atoms with Crippen molar-refractivity contribution >= 4 is 47.4 Å². The van der Waals surface area contributed by atoms with Crippen LogP contribution < -0.4 is 4.90 Å². The number of halogens is 1. The predicted octanol–water partition coefficient (Wildman–Crippen LogP) is 4.81. The highest BCUT2D eigenvalue weighted by Gasteiger charge is 2.28. The van der Waals surface area contributed by atoms with Gasteiger partial charge in [0.15, 0.2) is 0 Å². The molecular formula is C30H30ClN3O5. The summed E-state index contributed by atoms with van der Waals surface area (Å²) in [5.74, 6) is -0.761. The number of rotatable bonds is 10. The highest BCUT2D eigenvalue weighted by Crippen LogP contribution is 2.28. The molecule has 0 radical (unpaired) electrons. The number of benzene rings is 1. The van der Waals surface area contributed by atoms with E-state index in [2.05, 4.69) is 9.97 Å². The lowest BCUT2D eigenvalue weighted by molar-refractivity contribution is -0.138. The van der Waals surface area contributed by atoms with Gasteiger partial charge in [0.1, 0.15) is 6.61 Å². The number of aromatic nitrogens is 2. The van der Waals surface area contributed by atoms with Gasteiger partial charge in [0, 0.05) is 54.5 Å². The summed E-state index contributed by atoms with van der Waals surface area (Å²) in [4.78, 5) is 35.9. The Labute approximate surface area is 232 Å². The molecule has 1 amide bonds. The Morgan fingerprint density at radius 1 is 1.08 bits per heavy atom. The number of pyridine rings is 2. The van der Waals surface area contributed by atoms with E-state index in [0.717, 1.165) is 16.8 Å². The van der Waals surface area contributed by atoms with Gasteiger partial charge in [-0.15, -0.1) is 0 Å². The average molecular weight is 548 g/mol. The standard InChI is InChI=1S/C30H30ClN3O5/c31-26-16-23(5-8-29(36)39-15-12-35)17-28(18-26)34(30(37)25-9-13-38-14-10-25)21-24-4-7-27(33-20-24)6-3-22-2-1-11-32-19-22/h1-8,11,16-20,25,35H,9-10,12-15,21H2/b6-3+,8-5+. The summed E-state index contributed by atoms with van der Waals surface area (Å²) >= 11 is 6.43. The third kappa shape index (κ3) is 8.58. The number of aliphatic hydroxyl groups excluding tert-OH is 1. The van der Waals surface area contributed by atoms with E-state index in [1.54, 1.807) is 47.8 Å². The van der Waals surface area contributed by atoms with E-state index in [4.69, 9.17) is 26.2 Å². The van der Waals surface area contributed by atoms with E-state index in [1.165, 1.54) is 6.08 Å². The van der Waals surface area contributed by atoms with Crippen LogP contribution in [0, 0.1) is 5.92 Å². The first-order chi connectivity index (χ1) is 19.0. The van der Waals surface area contributed by atoms with Gasteiger partial charge in [-0.2, -0.15) is 0 Å². The van der Waals surface area contributed by atoms with Crippen molar-refractivity contribution in [2.45, 2.75) is 19.4 Å². The third-order valence-corrected chi connectivity index (χ3v) is 6.34. The van der Waals surface area contributed by atoms with Gasteiger partial charge in [-0.25, -0.2) is 4.79 Å². The molecule has 1 saturated heterocycles. The predicted molar refractivity (Wildman–Crippen MR) is 151 cm³/mol. The van der Waals surface area contributed by atoms with Crippen molar-refractivity contribution in [1.82, 2.24) is 9.97 Å². The van der Waals surface area contributed by atoms with Gasteiger partial charge in [-0.1, -0.05) is 29.8 Å². The van der Waals surface area contributed by atoms with E-state index < -0.39 is 5.97 Å². The van der Waals surface area contributed by atoms with E-state index >= 15 is 0 Å². The Morgan fingerprint density at radius 3 is 2.64 bits per heavy atom. The van der Waals surface area contributed by atoms with Crippen molar-refractivity contribution in [2.24, 2.45) is 5.92 Å². The number of carbonyl (C=O) groups is 2. The van der Waals surface area contributed by atoms with Crippen LogP contribution in [0.15, 0.2) is 67.1 Å². The van der Waals surface area contributed by atoms with E-state index in [0.29, 0.717) is 48.9 Å². The smallest absolute Gasteiger partial charge is 0.330 e. The Morgan fingerprint density at radius 2 is 1.92 bits per heavy atom. The number of carbonyl (C=O) groups excluding carboxylic acids is 2. The SMILES string of the molecule is O=C(/C=C/c1cc(Cl)cc(N(Cc2ccc(/C=C/c3cccnc3)nc2)C(=O)C2CCOCC2)c1)OCCO. The highest BCUT2D eigenvalue weighted by molar-refractivity contribution is 6.31. The lowest BCUT2D eigenvalue weighted by Gasteiger charge is -2.30. The third-order valence-electron chi connectivity index (χ3n) is 6.12. The van der Waals surface area contributed by atoms with Crippen molar-refractivity contribution in [2.75, 3.05) is 31.3 Å². The van der Waals surface area contributed by atoms with E-state index in [9.17, 15) is 9.59 Å². The molecule has 9 heteroatoms. The van der Waals surface area contributed by atoms with Crippen molar-refractivity contribution in [3.63, 3.8) is 0 Å². The van der Waals surface area contributed by atoms with Gasteiger partial charge in [-0.3, -0.25) is 14.8 Å². The molecule has 2 aromatic heterocycles. The van der Waals surface area contributed by atoms with Crippen LogP contribution in [0.2, 0.25) is 5.02 Å². The largest absolute Gasteiger partial charge is 0.460 e. The monoisotopic (exact) mass is 547 g/mol. The highest BCUT2D eigenvalue weighted by atomic mass is 35.5. The van der Waals surface area contributed by atoms with Gasteiger partial charge in [0.2, 0.25) is 5.91 Å². The van der Waals surface area contributed by atoms with Crippen LogP contribution >= 0.6 is 11.6 Å². The van der Waals surface area contributed by atoms with Crippen LogP contribution in [-0.4, -0.2) is 53.4 Å². The van der Waals surface area contributed by atoms with Crippen LogP contribution in [0.5, 0.6) is 0 Å². The molecule has 0 bridgehead atoms. The molecule has 0 atom stereocenters. The summed E-state index contributed by atoms with van der Waals surface area (Å²) in [5.41, 5.74) is 3.87. The number of ether oxygens (including phenoxy) is 2. The van der Waals surface area contributed by atoms with Crippen molar-refractivity contribution < 1.29 is 24.2 Å². The molecule has 0 spiro atoms. The van der Waals surface area contributed by atoms with Crippen molar-refractivity contribution in [3.05, 3.63) is 94.5 Å². The zero-order chi connectivity index (χ0) is 27.5. The summed E-state index contributed by atoms with van der Waals surface area (Å²) in [5, 5.41) is 9.26. The fraction of sp³-hybridized carbons (Fsp3) is 0.267. The fourth-order valence-electron chi connectivity index (χ4n) is 4.14. The molecule has 39 heavy (non-hydrogen) atoms. The summed E-state index contributed by atoms with van der Waals surface area (Å²) in [6.07, 6.45) is 13.2. The number of nitrogens with zero attached hydrogens (tertiary/aromatic N) is 3. The number of hydrogen-bond donors (Lipinski definition) is 1.